The first-order valence-electron chi connectivity index (χ1n) is 7.52. The van der Waals surface area contributed by atoms with Crippen molar-refractivity contribution < 1.29 is 9.21 Å². The lowest BCUT2D eigenvalue weighted by atomic mass is 10.1. The van der Waals surface area contributed by atoms with Gasteiger partial charge in [-0.2, -0.15) is 11.8 Å². The number of nitrogens with zero attached hydrogens (tertiary/aromatic N) is 1. The van der Waals surface area contributed by atoms with Crippen LogP contribution in [0.4, 0.5) is 0 Å². The van der Waals surface area contributed by atoms with Crippen molar-refractivity contribution in [1.82, 2.24) is 10.2 Å². The molecule has 21 heavy (non-hydrogen) atoms. The third-order valence-corrected chi connectivity index (χ3v) is 4.54. The molecule has 1 aliphatic heterocycles. The van der Waals surface area contributed by atoms with Crippen molar-refractivity contribution in [2.45, 2.75) is 31.3 Å². The molecule has 2 heterocycles. The molecule has 2 atom stereocenters. The monoisotopic (exact) mass is 311 g/mol. The number of hydrogen-bond acceptors (Lipinski definition) is 5. The highest BCUT2D eigenvalue weighted by atomic mass is 32.2. The van der Waals surface area contributed by atoms with Crippen LogP contribution in [-0.4, -0.2) is 48.5 Å². The first-order chi connectivity index (χ1) is 10.2. The Morgan fingerprint density at radius 3 is 2.90 bits per heavy atom. The van der Waals surface area contributed by atoms with Gasteiger partial charge in [0.2, 0.25) is 5.91 Å². The largest absolute Gasteiger partial charge is 0.468 e. The van der Waals surface area contributed by atoms with E-state index in [-0.39, 0.29) is 11.9 Å². The number of nitrogens with two attached hydrogens (primary N) is 1. The van der Waals surface area contributed by atoms with Crippen LogP contribution in [0, 0.1) is 0 Å². The Labute approximate surface area is 130 Å². The van der Waals surface area contributed by atoms with Gasteiger partial charge in [0.25, 0.3) is 0 Å². The molecule has 0 saturated carbocycles. The molecule has 1 aliphatic rings. The molecule has 0 bridgehead atoms. The summed E-state index contributed by atoms with van der Waals surface area (Å²) in [5.41, 5.74) is 5.90. The van der Waals surface area contributed by atoms with E-state index >= 15 is 0 Å². The van der Waals surface area contributed by atoms with Gasteiger partial charge in [-0.3, -0.25) is 9.69 Å². The average Bonchev–Trinajstić information content (AvgIpc) is 3.18. The Hall–Kier alpha value is -0.980. The zero-order valence-electron chi connectivity index (χ0n) is 12.6. The van der Waals surface area contributed by atoms with Crippen molar-refractivity contribution in [3.05, 3.63) is 24.2 Å². The summed E-state index contributed by atoms with van der Waals surface area (Å²) in [6.07, 6.45) is 6.83. The fourth-order valence-electron chi connectivity index (χ4n) is 2.65. The number of likely N-dealkylation sites (tertiary alicyclic amines) is 1. The second kappa shape index (κ2) is 8.46. The van der Waals surface area contributed by atoms with E-state index in [2.05, 4.69) is 10.2 Å². The molecular weight excluding hydrogens is 286 g/mol. The molecule has 0 aliphatic carbocycles. The highest BCUT2D eigenvalue weighted by molar-refractivity contribution is 7.98. The molecular formula is C15H25N3O2S. The average molecular weight is 311 g/mol. The maximum absolute atomic E-state index is 12.0. The van der Waals surface area contributed by atoms with Crippen molar-refractivity contribution in [3.8, 4) is 0 Å². The van der Waals surface area contributed by atoms with Gasteiger partial charge >= 0.3 is 0 Å². The minimum Gasteiger partial charge on any atom is -0.468 e. The topological polar surface area (TPSA) is 71.5 Å². The predicted octanol–water partition coefficient (Wildman–Crippen LogP) is 1.61. The Kier molecular flexibility index (Phi) is 6.60. The number of furan rings is 1. The molecule has 1 unspecified atom stereocenters. The zero-order chi connectivity index (χ0) is 15.1. The van der Waals surface area contributed by atoms with E-state index in [4.69, 9.17) is 10.2 Å². The van der Waals surface area contributed by atoms with E-state index < -0.39 is 6.04 Å². The van der Waals surface area contributed by atoms with E-state index in [1.807, 2.05) is 18.4 Å². The van der Waals surface area contributed by atoms with Gasteiger partial charge in [-0.25, -0.2) is 0 Å². The van der Waals surface area contributed by atoms with Gasteiger partial charge in [0, 0.05) is 6.54 Å². The Balaban J connectivity index is 1.88. The second-order valence-electron chi connectivity index (χ2n) is 5.41. The summed E-state index contributed by atoms with van der Waals surface area (Å²) in [5.74, 6) is 1.75. The van der Waals surface area contributed by atoms with Gasteiger partial charge in [0.05, 0.1) is 18.3 Å². The van der Waals surface area contributed by atoms with Crippen LogP contribution in [0.1, 0.15) is 31.1 Å². The molecule has 3 N–H and O–H groups in total. The molecule has 0 spiro atoms. The smallest absolute Gasteiger partial charge is 0.237 e. The second-order valence-corrected chi connectivity index (χ2v) is 6.39. The van der Waals surface area contributed by atoms with E-state index in [9.17, 15) is 4.79 Å². The van der Waals surface area contributed by atoms with Gasteiger partial charge in [0.1, 0.15) is 5.76 Å². The lowest BCUT2D eigenvalue weighted by molar-refractivity contribution is -0.122. The molecule has 0 radical (unpaired) electrons. The number of nitrogens with one attached hydrogen (secondary N) is 1. The summed E-state index contributed by atoms with van der Waals surface area (Å²) in [6.45, 7) is 2.67. The Morgan fingerprint density at radius 2 is 2.29 bits per heavy atom. The molecule has 6 heteroatoms. The molecule has 1 aromatic heterocycles. The van der Waals surface area contributed by atoms with Crippen LogP contribution in [0.15, 0.2) is 22.8 Å². The number of carbonyl (C=O) groups excluding carboxylic acids is 1. The summed E-state index contributed by atoms with van der Waals surface area (Å²) in [6, 6.07) is 3.56. The van der Waals surface area contributed by atoms with Crippen LogP contribution in [0.3, 0.4) is 0 Å². The first kappa shape index (κ1) is 16.4. The normalized spacial score (nSPS) is 18.6. The lowest BCUT2D eigenvalue weighted by Gasteiger charge is -2.26. The summed E-state index contributed by atoms with van der Waals surface area (Å²) in [7, 11) is 0. The van der Waals surface area contributed by atoms with E-state index in [0.717, 1.165) is 24.6 Å². The first-order valence-corrected chi connectivity index (χ1v) is 8.91. The molecule has 1 saturated heterocycles. The molecule has 118 valence electrons. The van der Waals surface area contributed by atoms with Gasteiger partial charge in [-0.15, -0.1) is 0 Å². The summed E-state index contributed by atoms with van der Waals surface area (Å²) in [5, 5.41) is 2.98. The standard InChI is InChI=1S/C15H25N3O2S/c1-21-10-6-12(16)15(19)17-11-13(14-5-4-9-20-14)18-7-2-3-8-18/h4-5,9,12-13H,2-3,6-8,10-11,16H2,1H3,(H,17,19)/t12-,13?/m0/s1. The fraction of sp³-hybridized carbons (Fsp3) is 0.667. The fourth-order valence-corrected chi connectivity index (χ4v) is 3.14. The van der Waals surface area contributed by atoms with Gasteiger partial charge in [-0.05, 0) is 56.5 Å². The number of amides is 1. The minimum absolute atomic E-state index is 0.0696. The molecule has 5 nitrogen and oxygen atoms in total. The van der Waals surface area contributed by atoms with Crippen LogP contribution >= 0.6 is 11.8 Å². The van der Waals surface area contributed by atoms with Crippen molar-refractivity contribution in [2.75, 3.05) is 31.6 Å². The molecule has 2 rings (SSSR count). The highest BCUT2D eigenvalue weighted by Crippen LogP contribution is 2.24. The van der Waals surface area contributed by atoms with Crippen molar-refractivity contribution in [2.24, 2.45) is 5.73 Å². The van der Waals surface area contributed by atoms with Crippen LogP contribution in [0.5, 0.6) is 0 Å². The van der Waals surface area contributed by atoms with Gasteiger partial charge in [-0.1, -0.05) is 0 Å². The van der Waals surface area contributed by atoms with Crippen molar-refractivity contribution in [3.63, 3.8) is 0 Å². The molecule has 1 aromatic rings. The van der Waals surface area contributed by atoms with Crippen LogP contribution in [0.25, 0.3) is 0 Å². The maximum Gasteiger partial charge on any atom is 0.237 e. The van der Waals surface area contributed by atoms with Crippen LogP contribution in [-0.2, 0) is 4.79 Å². The van der Waals surface area contributed by atoms with E-state index in [1.54, 1.807) is 18.0 Å². The van der Waals surface area contributed by atoms with E-state index in [0.29, 0.717) is 13.0 Å². The summed E-state index contributed by atoms with van der Waals surface area (Å²) >= 11 is 1.71. The van der Waals surface area contributed by atoms with Crippen molar-refractivity contribution in [1.29, 1.82) is 0 Å². The number of carbonyl (C=O) groups is 1. The summed E-state index contributed by atoms with van der Waals surface area (Å²) < 4.78 is 5.54. The quantitative estimate of drug-likeness (QED) is 0.763. The third kappa shape index (κ3) is 4.76. The maximum atomic E-state index is 12.0. The number of rotatable bonds is 8. The van der Waals surface area contributed by atoms with Gasteiger partial charge in [0.15, 0.2) is 0 Å². The van der Waals surface area contributed by atoms with Crippen molar-refractivity contribution >= 4 is 17.7 Å². The molecule has 0 aromatic carbocycles. The number of hydrogen-bond donors (Lipinski definition) is 2. The predicted molar refractivity (Wildman–Crippen MR) is 86.2 cm³/mol. The minimum atomic E-state index is -0.423. The molecule has 1 fully saturated rings. The van der Waals surface area contributed by atoms with Gasteiger partial charge < -0.3 is 15.5 Å². The highest BCUT2D eigenvalue weighted by Gasteiger charge is 2.26. The summed E-state index contributed by atoms with van der Waals surface area (Å²) in [4.78, 5) is 14.4. The van der Waals surface area contributed by atoms with E-state index in [1.165, 1.54) is 12.8 Å². The lowest BCUT2D eigenvalue weighted by Crippen LogP contribution is -2.44. The van der Waals surface area contributed by atoms with Crippen LogP contribution in [0.2, 0.25) is 0 Å². The third-order valence-electron chi connectivity index (χ3n) is 3.89. The van der Waals surface area contributed by atoms with Crippen LogP contribution < -0.4 is 11.1 Å². The SMILES string of the molecule is CSCC[C@H](N)C(=O)NCC(c1ccco1)N1CCCC1. The Morgan fingerprint density at radius 1 is 1.52 bits per heavy atom. The Bertz CT molecular complexity index is 419. The number of thioether (sulfide) groups is 1. The zero-order valence-corrected chi connectivity index (χ0v) is 13.4. The molecule has 1 amide bonds.